The zero-order valence-electron chi connectivity index (χ0n) is 11.0. The van der Waals surface area contributed by atoms with E-state index in [0.29, 0.717) is 16.3 Å². The number of benzene rings is 1. The molecule has 100 valence electrons. The van der Waals surface area contributed by atoms with Crippen molar-refractivity contribution in [2.75, 3.05) is 6.54 Å². The number of rotatable bonds is 4. The highest BCUT2D eigenvalue weighted by Gasteiger charge is 2.49. The Labute approximate surface area is 116 Å². The highest BCUT2D eigenvalue weighted by atomic mass is 79.9. The maximum absolute atomic E-state index is 13.3. The second-order valence-electron chi connectivity index (χ2n) is 5.38. The number of halogens is 2. The smallest absolute Gasteiger partial charge is 0.128 e. The summed E-state index contributed by atoms with van der Waals surface area (Å²) < 4.78 is 19.9. The summed E-state index contributed by atoms with van der Waals surface area (Å²) in [7, 11) is 0. The normalized spacial score (nSPS) is 25.6. The topological polar surface area (TPSA) is 21.3 Å². The Morgan fingerprint density at radius 2 is 2.17 bits per heavy atom. The molecule has 18 heavy (non-hydrogen) atoms. The summed E-state index contributed by atoms with van der Waals surface area (Å²) in [5, 5.41) is 3.45. The number of hydrogen-bond donors (Lipinski definition) is 1. The van der Waals surface area contributed by atoms with E-state index < -0.39 is 0 Å². The van der Waals surface area contributed by atoms with Crippen molar-refractivity contribution < 1.29 is 9.13 Å². The van der Waals surface area contributed by atoms with Crippen LogP contribution in [0.3, 0.4) is 0 Å². The van der Waals surface area contributed by atoms with E-state index in [1.165, 1.54) is 12.1 Å². The monoisotopic (exact) mass is 315 g/mol. The molecule has 2 nitrogen and oxygen atoms in total. The van der Waals surface area contributed by atoms with Gasteiger partial charge in [-0.15, -0.1) is 0 Å². The van der Waals surface area contributed by atoms with Crippen molar-refractivity contribution in [3.63, 3.8) is 0 Å². The molecular formula is C14H19BrFNO. The fraction of sp³-hybridized carbons (Fsp3) is 0.571. The maximum Gasteiger partial charge on any atom is 0.128 e. The molecule has 4 heteroatoms. The average Bonchev–Trinajstić information content (AvgIpc) is 2.26. The molecule has 0 spiro atoms. The summed E-state index contributed by atoms with van der Waals surface area (Å²) >= 11 is 3.28. The second-order valence-corrected chi connectivity index (χ2v) is 6.29. The predicted molar refractivity (Wildman–Crippen MR) is 74.4 cm³/mol. The van der Waals surface area contributed by atoms with Gasteiger partial charge in [-0.2, -0.15) is 0 Å². The van der Waals surface area contributed by atoms with Crippen LogP contribution in [0.5, 0.6) is 5.75 Å². The molecule has 1 fully saturated rings. The number of hydrogen-bond acceptors (Lipinski definition) is 2. The van der Waals surface area contributed by atoms with Crippen LogP contribution in [-0.2, 0) is 0 Å². The summed E-state index contributed by atoms with van der Waals surface area (Å²) in [6.45, 7) is 7.44. The van der Waals surface area contributed by atoms with Crippen molar-refractivity contribution in [2.45, 2.75) is 39.3 Å². The molecule has 0 bridgehead atoms. The lowest BCUT2D eigenvalue weighted by Crippen LogP contribution is -2.62. The van der Waals surface area contributed by atoms with Crippen molar-refractivity contribution in [1.82, 2.24) is 5.32 Å². The van der Waals surface area contributed by atoms with Gasteiger partial charge < -0.3 is 10.1 Å². The van der Waals surface area contributed by atoms with Gasteiger partial charge in [-0.3, -0.25) is 0 Å². The average molecular weight is 316 g/mol. The molecule has 0 aliphatic heterocycles. The third-order valence-electron chi connectivity index (χ3n) is 3.74. The first-order valence-electron chi connectivity index (χ1n) is 6.29. The van der Waals surface area contributed by atoms with Crippen LogP contribution in [0.15, 0.2) is 22.7 Å². The second kappa shape index (κ2) is 5.17. The SMILES string of the molecule is CCNC1CC(Oc2cc(F)cc(Br)c2)C1(C)C. The molecule has 0 amide bonds. The van der Waals surface area contributed by atoms with Crippen LogP contribution in [0.1, 0.15) is 27.2 Å². The summed E-state index contributed by atoms with van der Waals surface area (Å²) in [5.41, 5.74) is 0.0782. The molecule has 1 saturated carbocycles. The van der Waals surface area contributed by atoms with Gasteiger partial charge in [0, 0.05) is 28.4 Å². The zero-order chi connectivity index (χ0) is 13.3. The Bertz CT molecular complexity index is 416. The van der Waals surface area contributed by atoms with Gasteiger partial charge in [0.05, 0.1) is 0 Å². The summed E-state index contributed by atoms with van der Waals surface area (Å²) in [4.78, 5) is 0. The highest BCUT2D eigenvalue weighted by molar-refractivity contribution is 9.10. The molecule has 1 N–H and O–H groups in total. The van der Waals surface area contributed by atoms with E-state index in [1.54, 1.807) is 6.07 Å². The minimum Gasteiger partial charge on any atom is -0.490 e. The summed E-state index contributed by atoms with van der Waals surface area (Å²) in [6.07, 6.45) is 1.10. The largest absolute Gasteiger partial charge is 0.490 e. The molecular weight excluding hydrogens is 297 g/mol. The third-order valence-corrected chi connectivity index (χ3v) is 4.20. The van der Waals surface area contributed by atoms with Crippen molar-refractivity contribution in [1.29, 1.82) is 0 Å². The van der Waals surface area contributed by atoms with Gasteiger partial charge >= 0.3 is 0 Å². The van der Waals surface area contributed by atoms with Gasteiger partial charge in [0.15, 0.2) is 0 Å². The van der Waals surface area contributed by atoms with Gasteiger partial charge in [0.1, 0.15) is 17.7 Å². The number of nitrogens with one attached hydrogen (secondary N) is 1. The molecule has 2 rings (SSSR count). The van der Waals surface area contributed by atoms with Gasteiger partial charge in [-0.25, -0.2) is 4.39 Å². The molecule has 0 saturated heterocycles. The molecule has 0 aromatic heterocycles. The lowest BCUT2D eigenvalue weighted by atomic mass is 9.64. The van der Waals surface area contributed by atoms with Crippen molar-refractivity contribution in [3.05, 3.63) is 28.5 Å². The molecule has 1 aliphatic carbocycles. The first-order chi connectivity index (χ1) is 8.43. The van der Waals surface area contributed by atoms with Gasteiger partial charge in [-0.05, 0) is 18.7 Å². The van der Waals surface area contributed by atoms with Crippen molar-refractivity contribution in [2.24, 2.45) is 5.41 Å². The third kappa shape index (κ3) is 2.69. The van der Waals surface area contributed by atoms with Crippen molar-refractivity contribution >= 4 is 15.9 Å². The van der Waals surface area contributed by atoms with Crippen LogP contribution in [0.2, 0.25) is 0 Å². The first kappa shape index (κ1) is 13.8. The Hall–Kier alpha value is -0.610. The fourth-order valence-electron chi connectivity index (χ4n) is 2.44. The minimum absolute atomic E-state index is 0.0782. The molecule has 1 aromatic carbocycles. The Morgan fingerprint density at radius 1 is 1.44 bits per heavy atom. The van der Waals surface area contributed by atoms with Gasteiger partial charge in [-0.1, -0.05) is 36.7 Å². The Balaban J connectivity index is 2.03. The molecule has 0 heterocycles. The van der Waals surface area contributed by atoms with E-state index in [2.05, 4.69) is 42.0 Å². The molecule has 1 aromatic rings. The number of ether oxygens (including phenoxy) is 1. The molecule has 2 atom stereocenters. The minimum atomic E-state index is -0.278. The standard InChI is InChI=1S/C14H19BrFNO/c1-4-17-12-8-13(14(12,2)3)18-11-6-9(15)5-10(16)7-11/h5-7,12-13,17H,4,8H2,1-3H3. The van der Waals surface area contributed by atoms with Crippen LogP contribution in [-0.4, -0.2) is 18.7 Å². The molecule has 2 unspecified atom stereocenters. The Kier molecular flexibility index (Phi) is 3.97. The Morgan fingerprint density at radius 3 is 2.72 bits per heavy atom. The van der Waals surface area contributed by atoms with Gasteiger partial charge in [0.2, 0.25) is 0 Å². The maximum atomic E-state index is 13.3. The fourth-order valence-corrected chi connectivity index (χ4v) is 2.88. The molecule has 0 radical (unpaired) electrons. The summed E-state index contributed by atoms with van der Waals surface area (Å²) in [6, 6.07) is 5.14. The van der Waals surface area contributed by atoms with E-state index in [9.17, 15) is 4.39 Å². The lowest BCUT2D eigenvalue weighted by Gasteiger charge is -2.51. The molecule has 1 aliphatic rings. The van der Waals surface area contributed by atoms with E-state index in [1.807, 2.05) is 0 Å². The quantitative estimate of drug-likeness (QED) is 0.913. The van der Waals surface area contributed by atoms with E-state index in [4.69, 9.17) is 4.74 Å². The van der Waals surface area contributed by atoms with Crippen LogP contribution < -0.4 is 10.1 Å². The lowest BCUT2D eigenvalue weighted by molar-refractivity contribution is -0.0542. The van der Waals surface area contributed by atoms with Crippen LogP contribution in [0.4, 0.5) is 4.39 Å². The van der Waals surface area contributed by atoms with Crippen LogP contribution >= 0.6 is 15.9 Å². The van der Waals surface area contributed by atoms with E-state index >= 15 is 0 Å². The summed E-state index contributed by atoms with van der Waals surface area (Å²) in [5.74, 6) is 0.314. The van der Waals surface area contributed by atoms with Gasteiger partial charge in [0.25, 0.3) is 0 Å². The van der Waals surface area contributed by atoms with E-state index in [0.717, 1.165) is 13.0 Å². The van der Waals surface area contributed by atoms with Crippen molar-refractivity contribution in [3.8, 4) is 5.75 Å². The van der Waals surface area contributed by atoms with Crippen LogP contribution in [0.25, 0.3) is 0 Å². The first-order valence-corrected chi connectivity index (χ1v) is 7.09. The van der Waals surface area contributed by atoms with Crippen LogP contribution in [0, 0.1) is 11.2 Å². The highest BCUT2D eigenvalue weighted by Crippen LogP contribution is 2.43. The van der Waals surface area contributed by atoms with E-state index in [-0.39, 0.29) is 17.3 Å². The zero-order valence-corrected chi connectivity index (χ0v) is 12.6. The predicted octanol–water partition coefficient (Wildman–Crippen LogP) is 3.74.